The Balaban J connectivity index is 1.70. The van der Waals surface area contributed by atoms with Gasteiger partial charge in [-0.25, -0.2) is 4.98 Å². The zero-order valence-corrected chi connectivity index (χ0v) is 11.2. The normalized spacial score (nSPS) is 10.7. The molecule has 20 heavy (non-hydrogen) atoms. The number of rotatable bonds is 3. The van der Waals surface area contributed by atoms with Crippen LogP contribution in [0, 0.1) is 6.92 Å². The molecule has 0 bridgehead atoms. The highest BCUT2D eigenvalue weighted by Crippen LogP contribution is 2.12. The quantitative estimate of drug-likeness (QED) is 0.765. The van der Waals surface area contributed by atoms with Crippen LogP contribution in [-0.2, 0) is 6.54 Å². The van der Waals surface area contributed by atoms with Crippen LogP contribution in [0.5, 0.6) is 0 Å². The lowest BCUT2D eigenvalue weighted by Crippen LogP contribution is -2.23. The average molecular weight is 265 g/mol. The van der Waals surface area contributed by atoms with E-state index in [4.69, 9.17) is 0 Å². The van der Waals surface area contributed by atoms with Gasteiger partial charge in [-0.15, -0.1) is 0 Å². The molecule has 0 aliphatic carbocycles. The van der Waals surface area contributed by atoms with Gasteiger partial charge >= 0.3 is 0 Å². The highest BCUT2D eigenvalue weighted by Gasteiger charge is 2.08. The highest BCUT2D eigenvalue weighted by atomic mass is 16.1. The van der Waals surface area contributed by atoms with E-state index < -0.39 is 0 Å². The molecule has 2 N–H and O–H groups in total. The van der Waals surface area contributed by atoms with E-state index in [1.165, 1.54) is 5.56 Å². The number of aromatic nitrogens is 2. The molecule has 3 rings (SSSR count). The topological polar surface area (TPSA) is 57.8 Å². The molecule has 4 nitrogen and oxygen atoms in total. The summed E-state index contributed by atoms with van der Waals surface area (Å²) in [7, 11) is 0. The van der Waals surface area contributed by atoms with Crippen LogP contribution in [0.15, 0.2) is 48.8 Å². The summed E-state index contributed by atoms with van der Waals surface area (Å²) in [6.07, 6.45) is 3.51. The molecular weight excluding hydrogens is 250 g/mol. The summed E-state index contributed by atoms with van der Waals surface area (Å²) in [6, 6.07) is 11.8. The van der Waals surface area contributed by atoms with Gasteiger partial charge in [0.1, 0.15) is 5.69 Å². The van der Waals surface area contributed by atoms with Crippen LogP contribution in [-0.4, -0.2) is 15.9 Å². The molecular formula is C16H15N3O. The fraction of sp³-hybridized carbons (Fsp3) is 0.125. The number of hydrogen-bond acceptors (Lipinski definition) is 2. The van der Waals surface area contributed by atoms with E-state index in [-0.39, 0.29) is 5.91 Å². The SMILES string of the molecule is Cc1ccc(CNC(=O)c2cc3cc[nH]c3cn2)cc1. The Kier molecular flexibility index (Phi) is 3.21. The monoisotopic (exact) mass is 265 g/mol. The molecule has 0 radical (unpaired) electrons. The number of fused-ring (bicyclic) bond motifs is 1. The molecule has 1 aromatic carbocycles. The smallest absolute Gasteiger partial charge is 0.270 e. The number of pyridine rings is 1. The van der Waals surface area contributed by atoms with Crippen molar-refractivity contribution in [3.05, 3.63) is 65.6 Å². The summed E-state index contributed by atoms with van der Waals surface area (Å²) in [5, 5.41) is 3.87. The Bertz CT molecular complexity index is 744. The van der Waals surface area contributed by atoms with Gasteiger partial charge in [-0.05, 0) is 24.6 Å². The minimum atomic E-state index is -0.159. The number of aromatic amines is 1. The second-order valence-corrected chi connectivity index (χ2v) is 4.80. The lowest BCUT2D eigenvalue weighted by Gasteiger charge is -2.05. The first kappa shape index (κ1) is 12.4. The van der Waals surface area contributed by atoms with Crippen molar-refractivity contribution in [2.75, 3.05) is 0 Å². The fourth-order valence-corrected chi connectivity index (χ4v) is 2.05. The van der Waals surface area contributed by atoms with E-state index in [0.717, 1.165) is 16.5 Å². The molecule has 1 amide bonds. The van der Waals surface area contributed by atoms with Gasteiger partial charge in [0.25, 0.3) is 5.91 Å². The molecule has 0 aliphatic rings. The van der Waals surface area contributed by atoms with Gasteiger partial charge in [0.05, 0.1) is 11.7 Å². The van der Waals surface area contributed by atoms with Crippen molar-refractivity contribution in [1.29, 1.82) is 0 Å². The Labute approximate surface area is 116 Å². The number of nitrogens with zero attached hydrogens (tertiary/aromatic N) is 1. The lowest BCUT2D eigenvalue weighted by atomic mass is 10.1. The second-order valence-electron chi connectivity index (χ2n) is 4.80. The number of H-pyrrole nitrogens is 1. The second kappa shape index (κ2) is 5.17. The average Bonchev–Trinajstić information content (AvgIpc) is 2.93. The minimum Gasteiger partial charge on any atom is -0.360 e. The summed E-state index contributed by atoms with van der Waals surface area (Å²) in [5.41, 5.74) is 3.65. The van der Waals surface area contributed by atoms with Crippen molar-refractivity contribution < 1.29 is 4.79 Å². The molecule has 0 saturated carbocycles. The van der Waals surface area contributed by atoms with E-state index in [1.807, 2.05) is 43.5 Å². The van der Waals surface area contributed by atoms with Gasteiger partial charge in [0.2, 0.25) is 0 Å². The van der Waals surface area contributed by atoms with Crippen molar-refractivity contribution in [1.82, 2.24) is 15.3 Å². The summed E-state index contributed by atoms with van der Waals surface area (Å²) in [5.74, 6) is -0.159. The number of hydrogen-bond donors (Lipinski definition) is 2. The maximum atomic E-state index is 12.1. The fourth-order valence-electron chi connectivity index (χ4n) is 2.05. The van der Waals surface area contributed by atoms with Crippen molar-refractivity contribution >= 4 is 16.8 Å². The summed E-state index contributed by atoms with van der Waals surface area (Å²) in [6.45, 7) is 2.55. The van der Waals surface area contributed by atoms with E-state index in [9.17, 15) is 4.79 Å². The van der Waals surface area contributed by atoms with Gasteiger partial charge in [-0.3, -0.25) is 4.79 Å². The Morgan fingerprint density at radius 3 is 2.85 bits per heavy atom. The Morgan fingerprint density at radius 1 is 1.25 bits per heavy atom. The van der Waals surface area contributed by atoms with Crippen molar-refractivity contribution in [2.24, 2.45) is 0 Å². The van der Waals surface area contributed by atoms with E-state index >= 15 is 0 Å². The third kappa shape index (κ3) is 2.54. The van der Waals surface area contributed by atoms with Crippen LogP contribution in [0.2, 0.25) is 0 Å². The first-order valence-corrected chi connectivity index (χ1v) is 6.49. The molecule has 4 heteroatoms. The summed E-state index contributed by atoms with van der Waals surface area (Å²) >= 11 is 0. The van der Waals surface area contributed by atoms with Gasteiger partial charge in [-0.2, -0.15) is 0 Å². The van der Waals surface area contributed by atoms with Crippen LogP contribution >= 0.6 is 0 Å². The Hall–Kier alpha value is -2.62. The van der Waals surface area contributed by atoms with E-state index in [2.05, 4.69) is 15.3 Å². The molecule has 0 fully saturated rings. The number of nitrogens with one attached hydrogen (secondary N) is 2. The molecule has 0 atom stereocenters. The van der Waals surface area contributed by atoms with Gasteiger partial charge in [-0.1, -0.05) is 29.8 Å². The molecule has 2 aromatic heterocycles. The molecule has 0 aliphatic heterocycles. The predicted octanol–water partition coefficient (Wildman–Crippen LogP) is 2.80. The molecule has 2 heterocycles. The van der Waals surface area contributed by atoms with Crippen molar-refractivity contribution in [3.8, 4) is 0 Å². The molecule has 0 unspecified atom stereocenters. The number of aryl methyl sites for hydroxylation is 1. The standard InChI is InChI=1S/C16H15N3O/c1-11-2-4-12(5-3-11)9-19-16(20)14-8-13-6-7-17-15(13)10-18-14/h2-8,10,17H,9H2,1H3,(H,19,20). The number of amides is 1. The number of carbonyl (C=O) groups excluding carboxylic acids is 1. The first-order valence-electron chi connectivity index (χ1n) is 6.49. The summed E-state index contributed by atoms with van der Waals surface area (Å²) < 4.78 is 0. The highest BCUT2D eigenvalue weighted by molar-refractivity contribution is 5.95. The van der Waals surface area contributed by atoms with Crippen LogP contribution in [0.25, 0.3) is 10.9 Å². The zero-order valence-electron chi connectivity index (χ0n) is 11.2. The molecule has 0 saturated heterocycles. The van der Waals surface area contributed by atoms with E-state index in [0.29, 0.717) is 12.2 Å². The summed E-state index contributed by atoms with van der Waals surface area (Å²) in [4.78, 5) is 19.3. The van der Waals surface area contributed by atoms with Gasteiger partial charge < -0.3 is 10.3 Å². The van der Waals surface area contributed by atoms with Gasteiger partial charge in [0.15, 0.2) is 0 Å². The first-order chi connectivity index (χ1) is 9.72. The Morgan fingerprint density at radius 2 is 2.05 bits per heavy atom. The third-order valence-corrected chi connectivity index (χ3v) is 3.24. The number of carbonyl (C=O) groups is 1. The minimum absolute atomic E-state index is 0.159. The van der Waals surface area contributed by atoms with Crippen molar-refractivity contribution in [3.63, 3.8) is 0 Å². The largest absolute Gasteiger partial charge is 0.360 e. The zero-order chi connectivity index (χ0) is 13.9. The molecule has 100 valence electrons. The van der Waals surface area contributed by atoms with Crippen LogP contribution in [0.1, 0.15) is 21.6 Å². The van der Waals surface area contributed by atoms with Crippen molar-refractivity contribution in [2.45, 2.75) is 13.5 Å². The molecule has 0 spiro atoms. The maximum Gasteiger partial charge on any atom is 0.270 e. The van der Waals surface area contributed by atoms with Crippen LogP contribution in [0.4, 0.5) is 0 Å². The van der Waals surface area contributed by atoms with Crippen LogP contribution < -0.4 is 5.32 Å². The van der Waals surface area contributed by atoms with E-state index in [1.54, 1.807) is 12.3 Å². The van der Waals surface area contributed by atoms with Gasteiger partial charge in [0, 0.05) is 18.1 Å². The number of benzene rings is 1. The van der Waals surface area contributed by atoms with Crippen LogP contribution in [0.3, 0.4) is 0 Å². The maximum absolute atomic E-state index is 12.1. The third-order valence-electron chi connectivity index (χ3n) is 3.24. The molecule has 3 aromatic rings. The predicted molar refractivity (Wildman–Crippen MR) is 78.4 cm³/mol. The lowest BCUT2D eigenvalue weighted by molar-refractivity contribution is 0.0946.